The highest BCUT2D eigenvalue weighted by molar-refractivity contribution is 5.92. The zero-order chi connectivity index (χ0) is 19.5. The number of amides is 2. The smallest absolute Gasteiger partial charge is 0.274 e. The van der Waals surface area contributed by atoms with Crippen LogP contribution in [0.1, 0.15) is 37.2 Å². The fourth-order valence-corrected chi connectivity index (χ4v) is 2.80. The molecule has 0 aliphatic carbocycles. The van der Waals surface area contributed by atoms with Gasteiger partial charge in [0, 0.05) is 58.1 Å². The Bertz CT molecular complexity index is 576. The zero-order valence-corrected chi connectivity index (χ0v) is 16.4. The summed E-state index contributed by atoms with van der Waals surface area (Å²) in [6.07, 6.45) is 5.67. The molecular formula is C19H31N5O3. The van der Waals surface area contributed by atoms with E-state index in [9.17, 15) is 9.59 Å². The lowest BCUT2D eigenvalue weighted by molar-refractivity contribution is -0.121. The molecule has 1 aliphatic heterocycles. The van der Waals surface area contributed by atoms with Crippen LogP contribution in [-0.2, 0) is 9.53 Å². The summed E-state index contributed by atoms with van der Waals surface area (Å²) < 4.78 is 5.31. The van der Waals surface area contributed by atoms with Crippen molar-refractivity contribution >= 4 is 11.8 Å². The van der Waals surface area contributed by atoms with E-state index in [2.05, 4.69) is 34.0 Å². The van der Waals surface area contributed by atoms with Gasteiger partial charge in [-0.2, -0.15) is 0 Å². The van der Waals surface area contributed by atoms with E-state index in [1.165, 1.54) is 18.6 Å². The van der Waals surface area contributed by atoms with E-state index < -0.39 is 0 Å². The molecule has 2 heterocycles. The van der Waals surface area contributed by atoms with E-state index in [-0.39, 0.29) is 18.2 Å². The van der Waals surface area contributed by atoms with E-state index >= 15 is 0 Å². The van der Waals surface area contributed by atoms with Gasteiger partial charge in [-0.3, -0.25) is 19.5 Å². The second-order valence-electron chi connectivity index (χ2n) is 7.12. The number of hydrogen-bond donors (Lipinski definition) is 1. The van der Waals surface area contributed by atoms with E-state index in [1.807, 2.05) is 0 Å². The van der Waals surface area contributed by atoms with Crippen LogP contribution in [0.25, 0.3) is 0 Å². The van der Waals surface area contributed by atoms with Gasteiger partial charge < -0.3 is 15.0 Å². The van der Waals surface area contributed by atoms with Crippen molar-refractivity contribution in [3.63, 3.8) is 0 Å². The number of nitrogens with one attached hydrogen (secondary N) is 1. The molecule has 0 aromatic carbocycles. The molecule has 1 N–H and O–H groups in total. The number of carbonyl (C=O) groups is 2. The van der Waals surface area contributed by atoms with E-state index in [1.54, 1.807) is 4.90 Å². The van der Waals surface area contributed by atoms with Crippen molar-refractivity contribution in [2.75, 3.05) is 52.5 Å². The molecule has 2 rings (SSSR count). The molecule has 1 fully saturated rings. The maximum atomic E-state index is 12.7. The Morgan fingerprint density at radius 2 is 2.04 bits per heavy atom. The van der Waals surface area contributed by atoms with Gasteiger partial charge in [-0.15, -0.1) is 0 Å². The molecule has 150 valence electrons. The topological polar surface area (TPSA) is 87.7 Å². The van der Waals surface area contributed by atoms with Crippen LogP contribution >= 0.6 is 0 Å². The number of rotatable bonds is 10. The van der Waals surface area contributed by atoms with Crippen molar-refractivity contribution < 1.29 is 14.3 Å². The van der Waals surface area contributed by atoms with Gasteiger partial charge in [0.2, 0.25) is 5.91 Å². The highest BCUT2D eigenvalue weighted by Gasteiger charge is 2.18. The third-order valence-electron chi connectivity index (χ3n) is 4.51. The van der Waals surface area contributed by atoms with Gasteiger partial charge in [0.05, 0.1) is 19.4 Å². The largest absolute Gasteiger partial charge is 0.379 e. The molecule has 1 saturated heterocycles. The molecule has 2 amide bonds. The van der Waals surface area contributed by atoms with E-state index in [0.717, 1.165) is 39.3 Å². The molecule has 8 heteroatoms. The number of morpholine rings is 1. The Morgan fingerprint density at radius 1 is 1.26 bits per heavy atom. The molecule has 0 unspecified atom stereocenters. The third-order valence-corrected chi connectivity index (χ3v) is 4.51. The standard InChI is InChI=1S/C19H31N5O3/c1-16(2)3-8-24(19(26)17-15-20-5-6-21-17)9-4-18(25)22-7-10-23-11-13-27-14-12-23/h5-6,15-16H,3-4,7-14H2,1-2H3,(H,22,25). The van der Waals surface area contributed by atoms with Crippen LogP contribution in [0.4, 0.5) is 0 Å². The molecule has 0 spiro atoms. The van der Waals surface area contributed by atoms with Crippen LogP contribution in [0.5, 0.6) is 0 Å². The van der Waals surface area contributed by atoms with Gasteiger partial charge in [0.15, 0.2) is 0 Å². The molecule has 0 radical (unpaired) electrons. The minimum absolute atomic E-state index is 0.0373. The first kappa shape index (κ1) is 21.2. The average Bonchev–Trinajstić information content (AvgIpc) is 2.69. The molecule has 27 heavy (non-hydrogen) atoms. The lowest BCUT2D eigenvalue weighted by Crippen LogP contribution is -2.42. The highest BCUT2D eigenvalue weighted by Crippen LogP contribution is 2.07. The first-order valence-corrected chi connectivity index (χ1v) is 9.68. The summed E-state index contributed by atoms with van der Waals surface area (Å²) in [5, 5.41) is 2.94. The molecule has 0 atom stereocenters. The maximum absolute atomic E-state index is 12.7. The van der Waals surface area contributed by atoms with E-state index in [4.69, 9.17) is 4.74 Å². The third kappa shape index (κ3) is 8.01. The number of hydrogen-bond acceptors (Lipinski definition) is 6. The Hall–Kier alpha value is -2.06. The molecular weight excluding hydrogens is 346 g/mol. The van der Waals surface area contributed by atoms with Crippen molar-refractivity contribution in [3.05, 3.63) is 24.3 Å². The van der Waals surface area contributed by atoms with Crippen molar-refractivity contribution in [2.24, 2.45) is 5.92 Å². The quantitative estimate of drug-likeness (QED) is 0.649. The Morgan fingerprint density at radius 3 is 2.70 bits per heavy atom. The zero-order valence-electron chi connectivity index (χ0n) is 16.4. The SMILES string of the molecule is CC(C)CCN(CCC(=O)NCCN1CCOCC1)C(=O)c1cnccn1. The summed E-state index contributed by atoms with van der Waals surface area (Å²) in [6, 6.07) is 0. The number of ether oxygens (including phenoxy) is 1. The fourth-order valence-electron chi connectivity index (χ4n) is 2.80. The summed E-state index contributed by atoms with van der Waals surface area (Å²) in [6.45, 7) is 9.98. The van der Waals surface area contributed by atoms with Crippen LogP contribution in [0.3, 0.4) is 0 Å². The normalized spacial score (nSPS) is 14.9. The van der Waals surface area contributed by atoms with Crippen molar-refractivity contribution in [2.45, 2.75) is 26.7 Å². The van der Waals surface area contributed by atoms with Crippen LogP contribution in [-0.4, -0.2) is 84.1 Å². The van der Waals surface area contributed by atoms with Crippen molar-refractivity contribution in [1.29, 1.82) is 0 Å². The summed E-state index contributed by atoms with van der Waals surface area (Å²) in [5.74, 6) is 0.263. The van der Waals surface area contributed by atoms with Gasteiger partial charge in [-0.1, -0.05) is 13.8 Å². The molecule has 1 aliphatic rings. The summed E-state index contributed by atoms with van der Waals surface area (Å²) >= 11 is 0. The second-order valence-corrected chi connectivity index (χ2v) is 7.12. The van der Waals surface area contributed by atoms with Crippen molar-refractivity contribution in [1.82, 2.24) is 25.1 Å². The molecule has 8 nitrogen and oxygen atoms in total. The second kappa shape index (κ2) is 11.6. The summed E-state index contributed by atoms with van der Waals surface area (Å²) in [5.41, 5.74) is 0.314. The van der Waals surface area contributed by atoms with Crippen LogP contribution in [0, 0.1) is 5.92 Å². The first-order valence-electron chi connectivity index (χ1n) is 9.68. The van der Waals surface area contributed by atoms with Gasteiger partial charge in [0.1, 0.15) is 5.69 Å². The number of carbonyl (C=O) groups excluding carboxylic acids is 2. The van der Waals surface area contributed by atoms with Crippen LogP contribution < -0.4 is 5.32 Å². The lowest BCUT2D eigenvalue weighted by atomic mass is 10.1. The van der Waals surface area contributed by atoms with Gasteiger partial charge >= 0.3 is 0 Å². The fraction of sp³-hybridized carbons (Fsp3) is 0.684. The van der Waals surface area contributed by atoms with Crippen LogP contribution in [0.2, 0.25) is 0 Å². The van der Waals surface area contributed by atoms with Gasteiger partial charge in [0.25, 0.3) is 5.91 Å². The van der Waals surface area contributed by atoms with Gasteiger partial charge in [-0.05, 0) is 12.3 Å². The summed E-state index contributed by atoms with van der Waals surface area (Å²) in [7, 11) is 0. The van der Waals surface area contributed by atoms with E-state index in [0.29, 0.717) is 31.2 Å². The van der Waals surface area contributed by atoms with Gasteiger partial charge in [-0.25, -0.2) is 4.98 Å². The molecule has 0 saturated carbocycles. The predicted molar refractivity (Wildman–Crippen MR) is 102 cm³/mol. The number of nitrogens with zero attached hydrogens (tertiary/aromatic N) is 4. The highest BCUT2D eigenvalue weighted by atomic mass is 16.5. The van der Waals surface area contributed by atoms with Crippen molar-refractivity contribution in [3.8, 4) is 0 Å². The average molecular weight is 377 g/mol. The predicted octanol–water partition coefficient (Wildman–Crippen LogP) is 0.803. The van der Waals surface area contributed by atoms with Crippen LogP contribution in [0.15, 0.2) is 18.6 Å². The Kier molecular flexibility index (Phi) is 9.13. The Labute approximate surface area is 161 Å². The minimum atomic E-state index is -0.176. The Balaban J connectivity index is 1.77. The lowest BCUT2D eigenvalue weighted by Gasteiger charge is -2.26. The molecule has 0 bridgehead atoms. The monoisotopic (exact) mass is 377 g/mol. The minimum Gasteiger partial charge on any atom is -0.379 e. The maximum Gasteiger partial charge on any atom is 0.274 e. The molecule has 1 aromatic heterocycles. The number of aromatic nitrogens is 2. The summed E-state index contributed by atoms with van der Waals surface area (Å²) in [4.78, 5) is 36.8. The first-order chi connectivity index (χ1) is 13.1. The molecule has 1 aromatic rings.